The van der Waals surface area contributed by atoms with Crippen LogP contribution >= 0.6 is 15.9 Å². The van der Waals surface area contributed by atoms with Crippen LogP contribution in [-0.2, 0) is 6.54 Å². The van der Waals surface area contributed by atoms with Crippen LogP contribution in [0, 0.1) is 5.92 Å². The molecule has 7 heteroatoms. The molecule has 1 aromatic rings. The number of aryl methyl sites for hydroxylation is 1. The summed E-state index contributed by atoms with van der Waals surface area (Å²) in [5.74, 6) is 3.29. The van der Waals surface area contributed by atoms with Gasteiger partial charge in [-0.3, -0.25) is 16.0 Å². The van der Waals surface area contributed by atoms with Crippen LogP contribution < -0.4 is 11.3 Å². The summed E-state index contributed by atoms with van der Waals surface area (Å²) in [6.45, 7) is 2.87. The second-order valence-corrected chi connectivity index (χ2v) is 6.29. The van der Waals surface area contributed by atoms with Crippen LogP contribution in [0.25, 0.3) is 0 Å². The number of nitrogens with zero attached hydrogens (tertiary/aromatic N) is 2. The van der Waals surface area contributed by atoms with E-state index >= 15 is 0 Å². The van der Waals surface area contributed by atoms with Crippen molar-refractivity contribution in [2.24, 2.45) is 11.8 Å². The molecule has 0 aliphatic heterocycles. The molecule has 0 saturated heterocycles. The highest BCUT2D eigenvalue weighted by Crippen LogP contribution is 2.42. The smallest absolute Gasteiger partial charge is 0.248 e. The summed E-state index contributed by atoms with van der Waals surface area (Å²) in [6, 6.07) is -0.144. The van der Waals surface area contributed by atoms with Gasteiger partial charge in [-0.1, -0.05) is 6.92 Å². The van der Waals surface area contributed by atoms with Gasteiger partial charge in [0.1, 0.15) is 0 Å². The van der Waals surface area contributed by atoms with E-state index in [1.165, 1.54) is 0 Å². The van der Waals surface area contributed by atoms with E-state index in [1.54, 1.807) is 6.20 Å². The molecule has 0 bridgehead atoms. The Morgan fingerprint density at radius 3 is 2.75 bits per heavy atom. The summed E-state index contributed by atoms with van der Waals surface area (Å²) in [5, 5.41) is 4.32. The van der Waals surface area contributed by atoms with Crippen molar-refractivity contribution in [3.63, 3.8) is 0 Å². The molecule has 1 heterocycles. The summed E-state index contributed by atoms with van der Waals surface area (Å²) in [5.41, 5.74) is 3.77. The molecule has 1 fully saturated rings. The molecule has 114 valence electrons. The minimum atomic E-state index is -2.52. The molecule has 20 heavy (non-hydrogen) atoms. The number of hydrazine groups is 1. The van der Waals surface area contributed by atoms with Gasteiger partial charge in [0.15, 0.2) is 0 Å². The maximum Gasteiger partial charge on any atom is 0.248 e. The van der Waals surface area contributed by atoms with Gasteiger partial charge in [-0.15, -0.1) is 0 Å². The number of nitrogens with two attached hydrogens (primary N) is 1. The van der Waals surface area contributed by atoms with Crippen LogP contribution in [0.15, 0.2) is 10.7 Å². The van der Waals surface area contributed by atoms with Crippen molar-refractivity contribution in [2.75, 3.05) is 0 Å². The lowest BCUT2D eigenvalue weighted by Crippen LogP contribution is -2.38. The van der Waals surface area contributed by atoms with Gasteiger partial charge in [0, 0.05) is 19.4 Å². The average Bonchev–Trinajstić information content (AvgIpc) is 2.75. The largest absolute Gasteiger partial charge is 0.271 e. The lowest BCUT2D eigenvalue weighted by Gasteiger charge is -2.33. The summed E-state index contributed by atoms with van der Waals surface area (Å²) in [4.78, 5) is 0. The Hall–Kier alpha value is -0.530. The standard InChI is InChI=1S/C13H21BrF2N4/c1-2-7-20-12(10(14)8-18-20)11(19-17)9-3-5-13(15,16)6-4-9/h8-9,11,19H,2-7,17H2,1H3. The van der Waals surface area contributed by atoms with Gasteiger partial charge in [0.25, 0.3) is 0 Å². The van der Waals surface area contributed by atoms with Gasteiger partial charge < -0.3 is 0 Å². The Bertz CT molecular complexity index is 440. The molecule has 1 unspecified atom stereocenters. The number of hydrogen-bond acceptors (Lipinski definition) is 3. The van der Waals surface area contributed by atoms with Gasteiger partial charge in [-0.2, -0.15) is 5.10 Å². The van der Waals surface area contributed by atoms with Crippen LogP contribution in [-0.4, -0.2) is 15.7 Å². The fourth-order valence-electron chi connectivity index (χ4n) is 2.91. The maximum absolute atomic E-state index is 13.3. The Balaban J connectivity index is 2.18. The predicted molar refractivity (Wildman–Crippen MR) is 77.2 cm³/mol. The molecule has 1 aliphatic carbocycles. The van der Waals surface area contributed by atoms with Crippen LogP contribution in [0.4, 0.5) is 8.78 Å². The van der Waals surface area contributed by atoms with Gasteiger partial charge in [-0.05, 0) is 41.1 Å². The fraction of sp³-hybridized carbons (Fsp3) is 0.769. The molecular weight excluding hydrogens is 330 g/mol. The third kappa shape index (κ3) is 3.38. The quantitative estimate of drug-likeness (QED) is 0.632. The number of alkyl halides is 2. The molecule has 3 N–H and O–H groups in total. The van der Waals surface area contributed by atoms with E-state index in [0.29, 0.717) is 12.8 Å². The van der Waals surface area contributed by atoms with Crippen molar-refractivity contribution in [1.29, 1.82) is 0 Å². The first kappa shape index (κ1) is 15.9. The predicted octanol–water partition coefficient (Wildman–Crippen LogP) is 3.39. The monoisotopic (exact) mass is 350 g/mol. The lowest BCUT2D eigenvalue weighted by molar-refractivity contribution is -0.0501. The molecule has 1 saturated carbocycles. The first-order valence-corrected chi connectivity index (χ1v) is 7.83. The molecule has 2 rings (SSSR count). The Labute approximate surface area is 126 Å². The minimum Gasteiger partial charge on any atom is -0.271 e. The van der Waals surface area contributed by atoms with Gasteiger partial charge in [0.2, 0.25) is 5.92 Å². The van der Waals surface area contributed by atoms with Crippen LogP contribution in [0.1, 0.15) is 50.8 Å². The van der Waals surface area contributed by atoms with Crippen molar-refractivity contribution in [2.45, 2.75) is 57.5 Å². The number of aromatic nitrogens is 2. The van der Waals surface area contributed by atoms with Gasteiger partial charge in [0.05, 0.1) is 22.4 Å². The van der Waals surface area contributed by atoms with E-state index in [4.69, 9.17) is 5.84 Å². The van der Waals surface area contributed by atoms with Crippen LogP contribution in [0.5, 0.6) is 0 Å². The van der Waals surface area contributed by atoms with Crippen molar-refractivity contribution in [3.05, 3.63) is 16.4 Å². The number of hydrogen-bond donors (Lipinski definition) is 2. The lowest BCUT2D eigenvalue weighted by atomic mass is 9.81. The summed E-state index contributed by atoms with van der Waals surface area (Å²) in [6.07, 6.45) is 3.54. The molecule has 4 nitrogen and oxygen atoms in total. The molecule has 1 aliphatic rings. The van der Waals surface area contributed by atoms with Crippen LogP contribution in [0.3, 0.4) is 0 Å². The summed E-state index contributed by atoms with van der Waals surface area (Å²) in [7, 11) is 0. The van der Waals surface area contributed by atoms with Gasteiger partial charge in [-0.25, -0.2) is 8.78 Å². The first-order chi connectivity index (χ1) is 9.48. The Morgan fingerprint density at radius 2 is 2.20 bits per heavy atom. The normalized spacial score (nSPS) is 21.1. The molecule has 0 spiro atoms. The highest BCUT2D eigenvalue weighted by atomic mass is 79.9. The molecule has 0 radical (unpaired) electrons. The molecular formula is C13H21BrF2N4. The second-order valence-electron chi connectivity index (χ2n) is 5.44. The Kier molecular flexibility index (Phi) is 5.14. The van der Waals surface area contributed by atoms with Crippen molar-refractivity contribution in [1.82, 2.24) is 15.2 Å². The second kappa shape index (κ2) is 6.49. The van der Waals surface area contributed by atoms with Crippen molar-refractivity contribution >= 4 is 15.9 Å². The third-order valence-corrected chi connectivity index (χ3v) is 4.59. The SMILES string of the molecule is CCCn1ncc(Br)c1C(NN)C1CCC(F)(F)CC1. The number of rotatable bonds is 5. The van der Waals surface area contributed by atoms with Crippen LogP contribution in [0.2, 0.25) is 0 Å². The van der Waals surface area contributed by atoms with E-state index in [2.05, 4.69) is 33.4 Å². The highest BCUT2D eigenvalue weighted by molar-refractivity contribution is 9.10. The van der Waals surface area contributed by atoms with E-state index in [0.717, 1.165) is 23.1 Å². The molecule has 0 amide bonds. The third-order valence-electron chi connectivity index (χ3n) is 3.98. The Morgan fingerprint density at radius 1 is 1.55 bits per heavy atom. The molecule has 1 atom stereocenters. The summed E-state index contributed by atoms with van der Waals surface area (Å²) < 4.78 is 29.4. The zero-order valence-corrected chi connectivity index (χ0v) is 13.2. The number of nitrogens with one attached hydrogen (secondary N) is 1. The topological polar surface area (TPSA) is 55.9 Å². The highest BCUT2D eigenvalue weighted by Gasteiger charge is 2.39. The minimum absolute atomic E-state index is 0.0601. The van der Waals surface area contributed by atoms with E-state index in [-0.39, 0.29) is 24.8 Å². The summed E-state index contributed by atoms with van der Waals surface area (Å²) >= 11 is 3.49. The zero-order valence-electron chi connectivity index (χ0n) is 11.6. The maximum atomic E-state index is 13.3. The fourth-order valence-corrected chi connectivity index (χ4v) is 3.45. The van der Waals surface area contributed by atoms with Crippen molar-refractivity contribution < 1.29 is 8.78 Å². The first-order valence-electron chi connectivity index (χ1n) is 7.03. The van der Waals surface area contributed by atoms with Crippen molar-refractivity contribution in [3.8, 4) is 0 Å². The average molecular weight is 351 g/mol. The number of halogens is 3. The molecule has 1 aromatic heterocycles. The zero-order chi connectivity index (χ0) is 14.8. The van der Waals surface area contributed by atoms with E-state index < -0.39 is 5.92 Å². The van der Waals surface area contributed by atoms with E-state index in [9.17, 15) is 8.78 Å². The molecule has 0 aromatic carbocycles. The van der Waals surface area contributed by atoms with E-state index in [1.807, 2.05) is 4.68 Å². The van der Waals surface area contributed by atoms with Gasteiger partial charge >= 0.3 is 0 Å².